The first-order valence-electron chi connectivity index (χ1n) is 10.8. The molecule has 0 saturated heterocycles. The van der Waals surface area contributed by atoms with Crippen LogP contribution in [0.2, 0.25) is 5.02 Å². The van der Waals surface area contributed by atoms with Crippen molar-refractivity contribution in [2.24, 2.45) is 0 Å². The second kappa shape index (κ2) is 7.35. The molecule has 0 saturated carbocycles. The molecule has 4 aromatic rings. The second-order valence-corrected chi connectivity index (χ2v) is 10.6. The molecule has 1 aliphatic heterocycles. The molecular formula is C25H26ClN3OS. The summed E-state index contributed by atoms with van der Waals surface area (Å²) in [7, 11) is 0. The lowest BCUT2D eigenvalue weighted by atomic mass is 9.79. The number of thiazole rings is 1. The molecule has 2 aromatic heterocycles. The fourth-order valence-electron chi connectivity index (χ4n) is 5.03. The zero-order valence-electron chi connectivity index (χ0n) is 18.3. The number of hydrogen-bond donors (Lipinski definition) is 0. The van der Waals surface area contributed by atoms with Gasteiger partial charge < -0.3 is 4.90 Å². The molecule has 0 bridgehead atoms. The van der Waals surface area contributed by atoms with E-state index in [-0.39, 0.29) is 11.1 Å². The van der Waals surface area contributed by atoms with Gasteiger partial charge in [0.1, 0.15) is 0 Å². The van der Waals surface area contributed by atoms with E-state index in [9.17, 15) is 4.79 Å². The summed E-state index contributed by atoms with van der Waals surface area (Å²) in [5, 5.41) is 0.681. The van der Waals surface area contributed by atoms with Gasteiger partial charge in [-0.3, -0.25) is 4.79 Å². The zero-order valence-corrected chi connectivity index (χ0v) is 19.8. The van der Waals surface area contributed by atoms with Crippen LogP contribution in [0.3, 0.4) is 0 Å². The predicted octanol–water partition coefficient (Wildman–Crippen LogP) is 5.61. The maximum absolute atomic E-state index is 13.1. The number of rotatable bonds is 3. The van der Waals surface area contributed by atoms with Crippen LogP contribution in [-0.2, 0) is 0 Å². The minimum atomic E-state index is -0.0377. The van der Waals surface area contributed by atoms with E-state index in [2.05, 4.69) is 49.7 Å². The van der Waals surface area contributed by atoms with Crippen molar-refractivity contribution in [1.29, 1.82) is 0 Å². The van der Waals surface area contributed by atoms with E-state index in [1.165, 1.54) is 22.6 Å². The normalized spacial score (nSPS) is 18.8. The van der Waals surface area contributed by atoms with Gasteiger partial charge in [-0.2, -0.15) is 0 Å². The Kier molecular flexibility index (Phi) is 4.87. The van der Waals surface area contributed by atoms with E-state index in [4.69, 9.17) is 11.6 Å². The first-order valence-corrected chi connectivity index (χ1v) is 12.0. The molecule has 0 aliphatic carbocycles. The minimum absolute atomic E-state index is 0.0377. The van der Waals surface area contributed by atoms with Gasteiger partial charge in [-0.15, -0.1) is 0 Å². The SMILES string of the molecule is CCCN1c2cc(Cl)c(/C=c3/sc4nc5ccccc5n4c3=O)cc2C(C)CC1(C)C. The van der Waals surface area contributed by atoms with Gasteiger partial charge in [0.2, 0.25) is 0 Å². The highest BCUT2D eigenvalue weighted by atomic mass is 35.5. The summed E-state index contributed by atoms with van der Waals surface area (Å²) in [6.07, 6.45) is 4.10. The van der Waals surface area contributed by atoms with Gasteiger partial charge in [0, 0.05) is 22.8 Å². The lowest BCUT2D eigenvalue weighted by molar-refractivity contribution is 0.376. The summed E-state index contributed by atoms with van der Waals surface area (Å²) >= 11 is 8.17. The van der Waals surface area contributed by atoms with Gasteiger partial charge >= 0.3 is 0 Å². The third-order valence-electron chi connectivity index (χ3n) is 6.38. The molecule has 2 aromatic carbocycles. The monoisotopic (exact) mass is 451 g/mol. The molecule has 4 nitrogen and oxygen atoms in total. The maximum atomic E-state index is 13.1. The Morgan fingerprint density at radius 3 is 2.84 bits per heavy atom. The molecule has 31 heavy (non-hydrogen) atoms. The van der Waals surface area contributed by atoms with Crippen molar-refractivity contribution in [2.75, 3.05) is 11.4 Å². The van der Waals surface area contributed by atoms with Crippen molar-refractivity contribution < 1.29 is 0 Å². The number of nitrogens with zero attached hydrogens (tertiary/aromatic N) is 3. The number of halogens is 1. The third kappa shape index (κ3) is 3.26. The second-order valence-electron chi connectivity index (χ2n) is 9.14. The van der Waals surface area contributed by atoms with Gasteiger partial charge in [-0.05, 0) is 74.1 Å². The largest absolute Gasteiger partial charge is 0.366 e. The van der Waals surface area contributed by atoms with E-state index < -0.39 is 0 Å². The highest BCUT2D eigenvalue weighted by molar-refractivity contribution is 7.15. The first kappa shape index (κ1) is 20.5. The molecule has 0 fully saturated rings. The molecule has 0 spiro atoms. The van der Waals surface area contributed by atoms with Crippen LogP contribution >= 0.6 is 22.9 Å². The molecule has 0 amide bonds. The van der Waals surface area contributed by atoms with E-state index >= 15 is 0 Å². The fourth-order valence-corrected chi connectivity index (χ4v) is 6.22. The molecule has 5 rings (SSSR count). The Morgan fingerprint density at radius 1 is 1.29 bits per heavy atom. The zero-order chi connectivity index (χ0) is 21.9. The topological polar surface area (TPSA) is 37.6 Å². The number of aromatic nitrogens is 2. The highest BCUT2D eigenvalue weighted by Gasteiger charge is 2.36. The van der Waals surface area contributed by atoms with Crippen molar-refractivity contribution in [1.82, 2.24) is 9.38 Å². The van der Waals surface area contributed by atoms with Gasteiger partial charge in [0.25, 0.3) is 5.56 Å². The van der Waals surface area contributed by atoms with Crippen LogP contribution in [0.1, 0.15) is 57.6 Å². The molecule has 1 atom stereocenters. The average molecular weight is 452 g/mol. The van der Waals surface area contributed by atoms with Crippen LogP contribution in [-0.4, -0.2) is 21.5 Å². The van der Waals surface area contributed by atoms with Gasteiger partial charge in [-0.1, -0.05) is 48.9 Å². The van der Waals surface area contributed by atoms with Crippen LogP contribution in [0.4, 0.5) is 5.69 Å². The maximum Gasteiger partial charge on any atom is 0.274 e. The summed E-state index contributed by atoms with van der Waals surface area (Å²) in [5.74, 6) is 0.429. The lowest BCUT2D eigenvalue weighted by Gasteiger charge is -2.47. The minimum Gasteiger partial charge on any atom is -0.366 e. The molecule has 1 aliphatic rings. The number of hydrogen-bond acceptors (Lipinski definition) is 4. The molecule has 160 valence electrons. The summed E-state index contributed by atoms with van der Waals surface area (Å²) in [6, 6.07) is 12.0. The van der Waals surface area contributed by atoms with E-state index in [0.717, 1.165) is 40.9 Å². The first-order chi connectivity index (χ1) is 14.8. The Morgan fingerprint density at radius 2 is 2.06 bits per heavy atom. The van der Waals surface area contributed by atoms with Crippen LogP contribution in [0.5, 0.6) is 0 Å². The van der Waals surface area contributed by atoms with Crippen LogP contribution in [0, 0.1) is 0 Å². The van der Waals surface area contributed by atoms with E-state index in [0.29, 0.717) is 15.5 Å². The highest BCUT2D eigenvalue weighted by Crippen LogP contribution is 2.45. The summed E-state index contributed by atoms with van der Waals surface area (Å²) in [4.78, 5) is 21.0. The number of benzene rings is 2. The van der Waals surface area contributed by atoms with Crippen molar-refractivity contribution in [3.05, 3.63) is 67.4 Å². The van der Waals surface area contributed by atoms with Crippen LogP contribution in [0.25, 0.3) is 22.1 Å². The number of anilines is 1. The Bertz CT molecular complexity index is 1420. The number of para-hydroxylation sites is 2. The Balaban J connectivity index is 1.67. The Hall–Kier alpha value is -2.37. The van der Waals surface area contributed by atoms with E-state index in [1.54, 1.807) is 4.40 Å². The summed E-state index contributed by atoms with van der Waals surface area (Å²) < 4.78 is 2.36. The van der Waals surface area contributed by atoms with Crippen LogP contribution < -0.4 is 15.0 Å². The third-order valence-corrected chi connectivity index (χ3v) is 7.68. The fraction of sp³-hybridized carbons (Fsp3) is 0.360. The summed E-state index contributed by atoms with van der Waals surface area (Å²) in [5.41, 5.74) is 5.18. The van der Waals surface area contributed by atoms with Crippen molar-refractivity contribution >= 4 is 50.7 Å². The average Bonchev–Trinajstić information content (AvgIpc) is 3.22. The molecule has 6 heteroatoms. The molecule has 3 heterocycles. The van der Waals surface area contributed by atoms with Crippen LogP contribution in [0.15, 0.2) is 41.2 Å². The Labute approximate surface area is 190 Å². The number of imidazole rings is 1. The van der Waals surface area contributed by atoms with Gasteiger partial charge in [0.15, 0.2) is 4.96 Å². The quantitative estimate of drug-likeness (QED) is 0.406. The predicted molar refractivity (Wildman–Crippen MR) is 132 cm³/mol. The van der Waals surface area contributed by atoms with E-state index in [1.807, 2.05) is 30.3 Å². The lowest BCUT2D eigenvalue weighted by Crippen LogP contribution is -2.48. The standard InChI is InChI=1S/C25H26ClN3OS/c1-5-10-28-21-13-18(26)16(11-17(21)15(2)14-25(28,3)4)12-22-23(30)29-20-9-7-6-8-19(20)27-24(29)31-22/h6-9,11-13,15H,5,10,14H2,1-4H3/b22-12+. The van der Waals surface area contributed by atoms with Crippen molar-refractivity contribution in [3.8, 4) is 0 Å². The smallest absolute Gasteiger partial charge is 0.274 e. The van der Waals surface area contributed by atoms with Gasteiger partial charge in [0.05, 0.1) is 15.6 Å². The van der Waals surface area contributed by atoms with Crippen molar-refractivity contribution in [3.63, 3.8) is 0 Å². The molecular weight excluding hydrogens is 426 g/mol. The molecule has 0 radical (unpaired) electrons. The van der Waals surface area contributed by atoms with Gasteiger partial charge in [-0.25, -0.2) is 9.38 Å². The molecule has 0 N–H and O–H groups in total. The summed E-state index contributed by atoms with van der Waals surface area (Å²) in [6.45, 7) is 10.1. The number of fused-ring (bicyclic) bond motifs is 4. The van der Waals surface area contributed by atoms with Crippen molar-refractivity contribution in [2.45, 2.75) is 52.0 Å². The molecule has 1 unspecified atom stereocenters.